The predicted molar refractivity (Wildman–Crippen MR) is 90.9 cm³/mol. The molecule has 23 heavy (non-hydrogen) atoms. The van der Waals surface area contributed by atoms with Crippen LogP contribution < -0.4 is 16.4 Å². The standard InChI is InChI=1S/C16H24FN3O2.ClH/c1-3-16(4-2,11-18)20-15(22)10-19-14(21)9-12-6-5-7-13(17)8-12;/h5-8H,3-4,9-11,18H2,1-2H3,(H,19,21)(H,20,22);1H. The van der Waals surface area contributed by atoms with Gasteiger partial charge in [0.2, 0.25) is 11.8 Å². The lowest BCUT2D eigenvalue weighted by molar-refractivity contribution is -0.126. The summed E-state index contributed by atoms with van der Waals surface area (Å²) in [5.41, 5.74) is 5.85. The molecule has 4 N–H and O–H groups in total. The van der Waals surface area contributed by atoms with Gasteiger partial charge in [-0.15, -0.1) is 12.4 Å². The minimum atomic E-state index is -0.426. The first-order valence-corrected chi connectivity index (χ1v) is 7.47. The van der Waals surface area contributed by atoms with Crippen molar-refractivity contribution in [2.75, 3.05) is 13.1 Å². The van der Waals surface area contributed by atoms with Crippen LogP contribution in [0.15, 0.2) is 24.3 Å². The fraction of sp³-hybridized carbons (Fsp3) is 0.500. The Hall–Kier alpha value is -1.66. The van der Waals surface area contributed by atoms with Gasteiger partial charge in [-0.3, -0.25) is 9.59 Å². The van der Waals surface area contributed by atoms with Gasteiger partial charge >= 0.3 is 0 Å². The zero-order chi connectivity index (χ0) is 16.6. The molecule has 0 spiro atoms. The van der Waals surface area contributed by atoms with Gasteiger partial charge in [0.05, 0.1) is 18.5 Å². The maximum atomic E-state index is 13.0. The Balaban J connectivity index is 0.00000484. The van der Waals surface area contributed by atoms with E-state index in [1.165, 1.54) is 12.1 Å². The minimum Gasteiger partial charge on any atom is -0.348 e. The van der Waals surface area contributed by atoms with E-state index >= 15 is 0 Å². The predicted octanol–water partition coefficient (Wildman–Crippen LogP) is 1.54. The van der Waals surface area contributed by atoms with E-state index in [2.05, 4.69) is 10.6 Å². The molecule has 0 bridgehead atoms. The third-order valence-corrected chi connectivity index (χ3v) is 3.85. The molecule has 0 saturated heterocycles. The molecule has 0 unspecified atom stereocenters. The van der Waals surface area contributed by atoms with Crippen molar-refractivity contribution in [2.45, 2.75) is 38.6 Å². The lowest BCUT2D eigenvalue weighted by Crippen LogP contribution is -2.55. The minimum absolute atomic E-state index is 0. The van der Waals surface area contributed by atoms with E-state index in [4.69, 9.17) is 5.73 Å². The van der Waals surface area contributed by atoms with Crippen LogP contribution in [-0.4, -0.2) is 30.4 Å². The van der Waals surface area contributed by atoms with Crippen molar-refractivity contribution in [1.82, 2.24) is 10.6 Å². The summed E-state index contributed by atoms with van der Waals surface area (Å²) in [6, 6.07) is 5.82. The number of amides is 2. The SMILES string of the molecule is CCC(CC)(CN)NC(=O)CNC(=O)Cc1cccc(F)c1.Cl. The molecule has 0 aliphatic rings. The first-order chi connectivity index (χ1) is 10.4. The van der Waals surface area contributed by atoms with E-state index < -0.39 is 5.54 Å². The van der Waals surface area contributed by atoms with Gasteiger partial charge in [-0.05, 0) is 30.5 Å². The number of nitrogens with one attached hydrogen (secondary N) is 2. The summed E-state index contributed by atoms with van der Waals surface area (Å²) in [5, 5.41) is 5.40. The molecule has 1 rings (SSSR count). The molecular formula is C16H25ClFN3O2. The smallest absolute Gasteiger partial charge is 0.239 e. The van der Waals surface area contributed by atoms with Crippen LogP contribution in [0.3, 0.4) is 0 Å². The molecule has 1 aromatic carbocycles. The van der Waals surface area contributed by atoms with Crippen LogP contribution in [-0.2, 0) is 16.0 Å². The molecule has 0 aliphatic heterocycles. The van der Waals surface area contributed by atoms with Crippen molar-refractivity contribution in [1.29, 1.82) is 0 Å². The fourth-order valence-corrected chi connectivity index (χ4v) is 2.18. The summed E-state index contributed by atoms with van der Waals surface area (Å²) in [6.07, 6.45) is 1.49. The Morgan fingerprint density at radius 3 is 2.39 bits per heavy atom. The van der Waals surface area contributed by atoms with Gasteiger partial charge in [0.15, 0.2) is 0 Å². The Bertz CT molecular complexity index is 514. The lowest BCUT2D eigenvalue weighted by Gasteiger charge is -2.31. The largest absolute Gasteiger partial charge is 0.348 e. The van der Waals surface area contributed by atoms with Gasteiger partial charge < -0.3 is 16.4 Å². The average molecular weight is 346 g/mol. The summed E-state index contributed by atoms with van der Waals surface area (Å²) in [6.45, 7) is 4.15. The highest BCUT2D eigenvalue weighted by Gasteiger charge is 2.26. The number of carbonyl (C=O) groups is 2. The second-order valence-electron chi connectivity index (χ2n) is 5.32. The number of rotatable bonds is 8. The molecule has 7 heteroatoms. The van der Waals surface area contributed by atoms with E-state index in [0.29, 0.717) is 12.1 Å². The van der Waals surface area contributed by atoms with Crippen LogP contribution in [0, 0.1) is 5.82 Å². The highest BCUT2D eigenvalue weighted by Crippen LogP contribution is 2.12. The molecule has 130 valence electrons. The van der Waals surface area contributed by atoms with E-state index in [1.807, 2.05) is 13.8 Å². The van der Waals surface area contributed by atoms with E-state index in [0.717, 1.165) is 12.8 Å². The number of carbonyl (C=O) groups excluding carboxylic acids is 2. The molecule has 0 fully saturated rings. The Morgan fingerprint density at radius 2 is 1.87 bits per heavy atom. The maximum absolute atomic E-state index is 13.0. The second-order valence-corrected chi connectivity index (χ2v) is 5.32. The number of nitrogens with two attached hydrogens (primary N) is 1. The number of halogens is 2. The third-order valence-electron chi connectivity index (χ3n) is 3.85. The Morgan fingerprint density at radius 1 is 1.22 bits per heavy atom. The van der Waals surface area contributed by atoms with E-state index in [-0.39, 0.29) is 43.0 Å². The quantitative estimate of drug-likeness (QED) is 0.668. The molecule has 0 heterocycles. The second kappa shape index (κ2) is 10.2. The van der Waals surface area contributed by atoms with Crippen molar-refractivity contribution in [3.63, 3.8) is 0 Å². The molecule has 0 aliphatic carbocycles. The molecule has 0 radical (unpaired) electrons. The van der Waals surface area contributed by atoms with E-state index in [9.17, 15) is 14.0 Å². The summed E-state index contributed by atoms with van der Waals surface area (Å²) in [5.74, 6) is -0.990. The van der Waals surface area contributed by atoms with Crippen molar-refractivity contribution in [2.24, 2.45) is 5.73 Å². The maximum Gasteiger partial charge on any atom is 0.239 e. The van der Waals surface area contributed by atoms with Crippen molar-refractivity contribution >= 4 is 24.2 Å². The van der Waals surface area contributed by atoms with Gasteiger partial charge in [-0.25, -0.2) is 4.39 Å². The van der Waals surface area contributed by atoms with Gasteiger partial charge in [-0.2, -0.15) is 0 Å². The van der Waals surface area contributed by atoms with Gasteiger partial charge in [0, 0.05) is 6.54 Å². The molecule has 5 nitrogen and oxygen atoms in total. The first-order valence-electron chi connectivity index (χ1n) is 7.47. The number of hydrogen-bond donors (Lipinski definition) is 3. The molecular weight excluding hydrogens is 321 g/mol. The molecule has 0 atom stereocenters. The summed E-state index contributed by atoms with van der Waals surface area (Å²) >= 11 is 0. The molecule has 0 saturated carbocycles. The Kier molecular flexibility index (Phi) is 9.44. The topological polar surface area (TPSA) is 84.2 Å². The number of hydrogen-bond acceptors (Lipinski definition) is 3. The zero-order valence-electron chi connectivity index (χ0n) is 13.5. The molecule has 1 aromatic rings. The third kappa shape index (κ3) is 6.97. The highest BCUT2D eigenvalue weighted by molar-refractivity contribution is 5.86. The summed E-state index contributed by atoms with van der Waals surface area (Å²) in [4.78, 5) is 23.7. The van der Waals surface area contributed by atoms with Crippen molar-refractivity contribution in [3.8, 4) is 0 Å². The van der Waals surface area contributed by atoms with Gasteiger partial charge in [0.1, 0.15) is 5.82 Å². The summed E-state index contributed by atoms with van der Waals surface area (Å²) < 4.78 is 13.0. The summed E-state index contributed by atoms with van der Waals surface area (Å²) in [7, 11) is 0. The average Bonchev–Trinajstić information content (AvgIpc) is 2.51. The van der Waals surface area contributed by atoms with Crippen LogP contribution in [0.5, 0.6) is 0 Å². The van der Waals surface area contributed by atoms with Crippen LogP contribution in [0.4, 0.5) is 4.39 Å². The number of benzene rings is 1. The molecule has 0 aromatic heterocycles. The van der Waals surface area contributed by atoms with Gasteiger partial charge in [-0.1, -0.05) is 26.0 Å². The van der Waals surface area contributed by atoms with Crippen LogP contribution in [0.2, 0.25) is 0 Å². The van der Waals surface area contributed by atoms with Crippen molar-refractivity contribution in [3.05, 3.63) is 35.6 Å². The van der Waals surface area contributed by atoms with Crippen molar-refractivity contribution < 1.29 is 14.0 Å². The Labute approximate surface area is 142 Å². The fourth-order valence-electron chi connectivity index (χ4n) is 2.18. The highest BCUT2D eigenvalue weighted by atomic mass is 35.5. The normalized spacial score (nSPS) is 10.6. The van der Waals surface area contributed by atoms with Crippen LogP contribution in [0.1, 0.15) is 32.3 Å². The molecule has 2 amide bonds. The zero-order valence-corrected chi connectivity index (χ0v) is 14.3. The first kappa shape index (κ1) is 21.3. The van der Waals surface area contributed by atoms with E-state index in [1.54, 1.807) is 12.1 Å². The van der Waals surface area contributed by atoms with Crippen LogP contribution in [0.25, 0.3) is 0 Å². The van der Waals surface area contributed by atoms with Crippen LogP contribution >= 0.6 is 12.4 Å². The van der Waals surface area contributed by atoms with Gasteiger partial charge in [0.25, 0.3) is 0 Å². The monoisotopic (exact) mass is 345 g/mol. The lowest BCUT2D eigenvalue weighted by atomic mass is 9.93.